The summed E-state index contributed by atoms with van der Waals surface area (Å²) in [6.07, 6.45) is 10.0. The van der Waals surface area contributed by atoms with E-state index in [-0.39, 0.29) is 48.2 Å². The summed E-state index contributed by atoms with van der Waals surface area (Å²) >= 11 is 0. The second kappa shape index (κ2) is 17.5. The first-order chi connectivity index (χ1) is 33.2. The van der Waals surface area contributed by atoms with Gasteiger partial charge in [-0.3, -0.25) is 39.1 Å². The molecule has 0 spiro atoms. The Morgan fingerprint density at radius 3 is 2.26 bits per heavy atom. The largest absolute Gasteiger partial charge is 0.480 e. The zero-order valence-electron chi connectivity index (χ0n) is 40.4. The van der Waals surface area contributed by atoms with Crippen LogP contribution in [-0.2, 0) is 29.0 Å². The van der Waals surface area contributed by atoms with Gasteiger partial charge in [0.15, 0.2) is 0 Å². The van der Waals surface area contributed by atoms with Crippen LogP contribution in [0.3, 0.4) is 0 Å². The topological polar surface area (TPSA) is 169 Å². The number of rotatable bonds is 9. The molecule has 1 aliphatic carbocycles. The predicted molar refractivity (Wildman–Crippen MR) is 262 cm³/mol. The van der Waals surface area contributed by atoms with Crippen LogP contribution in [0.1, 0.15) is 109 Å². The molecule has 9 heterocycles. The SMILES string of the molecule is COc1ncc(N2CCC[C@@H](N3CCn4c(cc5c4CC(C)(C)C5)C3=O)[C@H]2C)cc1Nc1ccc(N2CCN(C3CCN(c4ccc5c(c4)C(=O)N(C4CCC(=O)NC4=O)C5=O)CC3)C[C@@H]2C)cn1. The summed E-state index contributed by atoms with van der Waals surface area (Å²) in [4.78, 5) is 87.5. The number of benzene rings is 1. The number of carbonyl (C=O) groups is 5. The highest BCUT2D eigenvalue weighted by Gasteiger charge is 2.46. The highest BCUT2D eigenvalue weighted by atomic mass is 16.5. The van der Waals surface area contributed by atoms with Crippen molar-refractivity contribution in [1.29, 1.82) is 0 Å². The van der Waals surface area contributed by atoms with Crippen LogP contribution in [0.5, 0.6) is 5.88 Å². The van der Waals surface area contributed by atoms with Gasteiger partial charge in [-0.2, -0.15) is 0 Å². The Morgan fingerprint density at radius 1 is 0.739 bits per heavy atom. The van der Waals surface area contributed by atoms with E-state index in [0.29, 0.717) is 28.9 Å². The minimum Gasteiger partial charge on any atom is -0.480 e. The Kier molecular flexibility index (Phi) is 11.4. The fourth-order valence-corrected chi connectivity index (χ4v) is 12.6. The Hall–Kier alpha value is -6.49. The van der Waals surface area contributed by atoms with Crippen molar-refractivity contribution in [3.63, 3.8) is 0 Å². The molecule has 17 nitrogen and oxygen atoms in total. The van der Waals surface area contributed by atoms with Crippen molar-refractivity contribution in [1.82, 2.24) is 34.6 Å². The third kappa shape index (κ3) is 8.05. The summed E-state index contributed by atoms with van der Waals surface area (Å²) in [6, 6.07) is 13.7. The van der Waals surface area contributed by atoms with Crippen molar-refractivity contribution in [3.8, 4) is 5.88 Å². The molecule has 2 N–H and O–H groups in total. The van der Waals surface area contributed by atoms with E-state index in [0.717, 1.165) is 124 Å². The quantitative estimate of drug-likeness (QED) is 0.209. The number of nitrogens with zero attached hydrogens (tertiary/aromatic N) is 9. The number of hydrogen-bond donors (Lipinski definition) is 2. The molecule has 0 saturated carbocycles. The number of aromatic nitrogens is 3. The van der Waals surface area contributed by atoms with Crippen LogP contribution >= 0.6 is 0 Å². The van der Waals surface area contributed by atoms with E-state index < -0.39 is 23.8 Å². The molecule has 4 saturated heterocycles. The maximum absolute atomic E-state index is 14.1. The van der Waals surface area contributed by atoms with E-state index >= 15 is 0 Å². The number of methoxy groups -OCH3 is 1. The van der Waals surface area contributed by atoms with Gasteiger partial charge >= 0.3 is 0 Å². The lowest BCUT2D eigenvalue weighted by Crippen LogP contribution is -2.58. The molecule has 5 amide bonds. The Morgan fingerprint density at radius 2 is 1.51 bits per heavy atom. The van der Waals surface area contributed by atoms with Gasteiger partial charge in [-0.05, 0) is 112 Å². The molecule has 0 bridgehead atoms. The number of ether oxygens (including phenoxy) is 1. The zero-order valence-corrected chi connectivity index (χ0v) is 40.4. The summed E-state index contributed by atoms with van der Waals surface area (Å²) < 4.78 is 8.03. The van der Waals surface area contributed by atoms with E-state index in [1.54, 1.807) is 19.2 Å². The minimum absolute atomic E-state index is 0.0913. The van der Waals surface area contributed by atoms with Gasteiger partial charge in [0.2, 0.25) is 17.7 Å². The van der Waals surface area contributed by atoms with Gasteiger partial charge in [-0.1, -0.05) is 13.8 Å². The molecule has 4 fully saturated rings. The molecular formula is C52H63N11O6. The van der Waals surface area contributed by atoms with Crippen LogP contribution in [0.15, 0.2) is 54.9 Å². The van der Waals surface area contributed by atoms with Crippen molar-refractivity contribution in [3.05, 3.63) is 82.9 Å². The summed E-state index contributed by atoms with van der Waals surface area (Å²) in [5, 5.41) is 5.76. The molecule has 1 aromatic carbocycles. The predicted octanol–water partition coefficient (Wildman–Crippen LogP) is 5.25. The highest BCUT2D eigenvalue weighted by molar-refractivity contribution is 6.23. The lowest BCUT2D eigenvalue weighted by Gasteiger charge is -2.47. The van der Waals surface area contributed by atoms with Gasteiger partial charge < -0.3 is 34.2 Å². The molecule has 4 aromatic rings. The molecule has 362 valence electrons. The van der Waals surface area contributed by atoms with Crippen LogP contribution in [0, 0.1) is 5.41 Å². The van der Waals surface area contributed by atoms with Crippen LogP contribution in [0.4, 0.5) is 28.6 Å². The molecule has 7 aliphatic rings. The lowest BCUT2D eigenvalue weighted by atomic mass is 9.90. The number of imide groups is 2. The molecule has 3 aromatic heterocycles. The third-order valence-electron chi connectivity index (χ3n) is 16.1. The first-order valence-electron chi connectivity index (χ1n) is 24.9. The normalized spacial score (nSPS) is 25.2. The minimum atomic E-state index is -0.977. The first-order valence-corrected chi connectivity index (χ1v) is 24.9. The van der Waals surface area contributed by atoms with Gasteiger partial charge in [-0.25, -0.2) is 9.97 Å². The fraction of sp³-hybridized carbons (Fsp3) is 0.519. The first kappa shape index (κ1) is 45.0. The summed E-state index contributed by atoms with van der Waals surface area (Å²) in [7, 11) is 1.63. The highest BCUT2D eigenvalue weighted by Crippen LogP contribution is 2.41. The maximum atomic E-state index is 14.1. The Labute approximate surface area is 403 Å². The second-order valence-corrected chi connectivity index (χ2v) is 21.0. The molecule has 17 heteroatoms. The van der Waals surface area contributed by atoms with Crippen LogP contribution in [0.2, 0.25) is 0 Å². The molecule has 11 rings (SSSR count). The molecule has 6 aliphatic heterocycles. The van der Waals surface area contributed by atoms with Crippen molar-refractivity contribution < 1.29 is 28.7 Å². The molecule has 0 radical (unpaired) electrons. The number of nitrogens with one attached hydrogen (secondary N) is 2. The fourth-order valence-electron chi connectivity index (χ4n) is 12.6. The number of carbonyl (C=O) groups excluding carboxylic acids is 5. The average Bonchev–Trinajstić information content (AvgIpc) is 3.93. The molecular weight excluding hydrogens is 875 g/mol. The van der Waals surface area contributed by atoms with Gasteiger partial charge in [0, 0.05) is 88.3 Å². The summed E-state index contributed by atoms with van der Waals surface area (Å²) in [5.74, 6) is -0.621. The van der Waals surface area contributed by atoms with Gasteiger partial charge in [0.1, 0.15) is 23.2 Å². The van der Waals surface area contributed by atoms with E-state index in [1.807, 2.05) is 24.5 Å². The smallest absolute Gasteiger partial charge is 0.270 e. The van der Waals surface area contributed by atoms with Gasteiger partial charge in [-0.15, -0.1) is 0 Å². The maximum Gasteiger partial charge on any atom is 0.270 e. The lowest BCUT2D eigenvalue weighted by molar-refractivity contribution is -0.136. The monoisotopic (exact) mass is 937 g/mol. The standard InChI is InChI=1S/C52H63N11O6/c1-31-30-58(34-14-17-57(18-15-34)35-8-10-38-39(24-35)50(67)63(49(38)66)42-11-13-46(64)56-47(42)65)19-20-59(31)36-9-12-45(53-28-36)55-40-25-37(29-54-48(40)69-5)60-16-6-7-41(32(60)2)62-22-21-61-43(51(62)68)23-33-26-52(3,4)27-44(33)61/h8-10,12,23-25,28-29,31-32,34,41-42H,6-7,11,13-22,26-27,30H2,1-5H3,(H,53,55)(H,56,64,65)/t31-,32+,41+,42?/m0/s1. The van der Waals surface area contributed by atoms with Gasteiger partial charge in [0.25, 0.3) is 17.7 Å². The second-order valence-electron chi connectivity index (χ2n) is 21.0. The van der Waals surface area contributed by atoms with E-state index in [9.17, 15) is 24.0 Å². The number of fused-ring (bicyclic) bond motifs is 4. The number of anilines is 5. The molecule has 69 heavy (non-hydrogen) atoms. The number of piperazine rings is 1. The van der Waals surface area contributed by atoms with Crippen LogP contribution in [0.25, 0.3) is 0 Å². The molecule has 4 atom stereocenters. The Balaban J connectivity index is 0.690. The number of amides is 5. The van der Waals surface area contributed by atoms with E-state index in [2.05, 4.69) is 85.6 Å². The third-order valence-corrected chi connectivity index (χ3v) is 16.1. The zero-order chi connectivity index (χ0) is 47.9. The number of piperidine rings is 3. The molecule has 1 unspecified atom stereocenters. The number of hydrogen-bond acceptors (Lipinski definition) is 13. The average molecular weight is 938 g/mol. The van der Waals surface area contributed by atoms with Crippen molar-refractivity contribution in [2.45, 2.75) is 116 Å². The van der Waals surface area contributed by atoms with Crippen molar-refractivity contribution in [2.75, 3.05) is 72.9 Å². The van der Waals surface area contributed by atoms with E-state index in [4.69, 9.17) is 14.7 Å². The van der Waals surface area contributed by atoms with Crippen LogP contribution in [-0.4, -0.2) is 142 Å². The van der Waals surface area contributed by atoms with Crippen molar-refractivity contribution >= 4 is 58.1 Å². The summed E-state index contributed by atoms with van der Waals surface area (Å²) in [5.41, 5.74) is 8.10. The summed E-state index contributed by atoms with van der Waals surface area (Å²) in [6.45, 7) is 16.0. The van der Waals surface area contributed by atoms with Gasteiger partial charge in [0.05, 0.1) is 48.0 Å². The van der Waals surface area contributed by atoms with Crippen molar-refractivity contribution in [2.24, 2.45) is 5.41 Å². The number of pyridine rings is 2. The van der Waals surface area contributed by atoms with Crippen LogP contribution < -0.4 is 30.1 Å². The van der Waals surface area contributed by atoms with E-state index in [1.165, 1.54) is 11.3 Å². The Bertz CT molecular complexity index is 2730.